The zero-order valence-corrected chi connectivity index (χ0v) is 18.8. The molecule has 2 fully saturated rings. The lowest BCUT2D eigenvalue weighted by molar-refractivity contribution is -0.136. The zero-order valence-electron chi connectivity index (χ0n) is 17.9. The van der Waals surface area contributed by atoms with Crippen molar-refractivity contribution in [2.24, 2.45) is 5.92 Å². The minimum atomic E-state index is -0.324. The van der Waals surface area contributed by atoms with Gasteiger partial charge in [-0.25, -0.2) is 9.97 Å². The summed E-state index contributed by atoms with van der Waals surface area (Å²) in [6.45, 7) is 5.54. The molecule has 2 saturated heterocycles. The fourth-order valence-electron chi connectivity index (χ4n) is 4.33. The Hall–Kier alpha value is -3.20. The van der Waals surface area contributed by atoms with E-state index in [-0.39, 0.29) is 24.2 Å². The second-order valence-electron chi connectivity index (χ2n) is 7.94. The number of amides is 2. The number of anilines is 2. The Labute approximate surface area is 190 Å². The molecule has 9 heteroatoms. The van der Waals surface area contributed by atoms with E-state index in [1.54, 1.807) is 22.4 Å². The number of fused-ring (bicyclic) bond motifs is 1. The first-order valence-corrected chi connectivity index (χ1v) is 11.7. The monoisotopic (exact) mass is 451 g/mol. The van der Waals surface area contributed by atoms with E-state index >= 15 is 0 Å². The van der Waals surface area contributed by atoms with Crippen molar-refractivity contribution in [3.05, 3.63) is 42.6 Å². The summed E-state index contributed by atoms with van der Waals surface area (Å²) in [4.78, 5) is 41.7. The van der Waals surface area contributed by atoms with Gasteiger partial charge in [0.1, 0.15) is 16.1 Å². The maximum absolute atomic E-state index is 13.2. The summed E-state index contributed by atoms with van der Waals surface area (Å²) in [6.07, 6.45) is 2.02. The summed E-state index contributed by atoms with van der Waals surface area (Å²) in [6, 6.07) is 11.4. The smallest absolute Gasteiger partial charge is 0.228 e. The van der Waals surface area contributed by atoms with Gasteiger partial charge in [0.25, 0.3) is 0 Å². The van der Waals surface area contributed by atoms with Crippen molar-refractivity contribution in [3.8, 4) is 5.75 Å². The predicted octanol–water partition coefficient (Wildman–Crippen LogP) is 2.79. The number of pyridine rings is 1. The molecule has 4 heterocycles. The largest absolute Gasteiger partial charge is 0.492 e. The summed E-state index contributed by atoms with van der Waals surface area (Å²) in [5.41, 5.74) is 1.65. The normalized spacial score (nSPS) is 19.1. The van der Waals surface area contributed by atoms with Crippen LogP contribution in [0.3, 0.4) is 0 Å². The molecule has 0 aliphatic carbocycles. The number of thiazole rings is 1. The Morgan fingerprint density at radius 1 is 1.16 bits per heavy atom. The fraction of sp³-hybridized carbons (Fsp3) is 0.391. The highest BCUT2D eigenvalue weighted by Crippen LogP contribution is 2.34. The number of rotatable bonds is 5. The molecule has 0 spiro atoms. The summed E-state index contributed by atoms with van der Waals surface area (Å²) in [5, 5.41) is 0.945. The highest BCUT2D eigenvalue weighted by Gasteiger charge is 2.39. The van der Waals surface area contributed by atoms with Gasteiger partial charge in [0.15, 0.2) is 5.13 Å². The third-order valence-electron chi connectivity index (χ3n) is 5.95. The molecule has 5 rings (SSSR count). The van der Waals surface area contributed by atoms with Crippen LogP contribution < -0.4 is 14.5 Å². The second kappa shape index (κ2) is 8.74. The molecule has 3 aromatic rings. The van der Waals surface area contributed by atoms with Crippen LogP contribution in [0.1, 0.15) is 13.3 Å². The SMILES string of the molecule is CCOc1ccccc1N1CC(C(=O)N2CCN(c3nc4cccnc4s3)CC2)CC1=O. The fourth-order valence-corrected chi connectivity index (χ4v) is 5.29. The van der Waals surface area contributed by atoms with Gasteiger partial charge in [-0.3, -0.25) is 9.59 Å². The van der Waals surface area contributed by atoms with E-state index in [4.69, 9.17) is 4.74 Å². The number of hydrogen-bond donors (Lipinski definition) is 0. The zero-order chi connectivity index (χ0) is 22.1. The topological polar surface area (TPSA) is 78.9 Å². The number of benzene rings is 1. The van der Waals surface area contributed by atoms with Crippen LogP contribution in [0.15, 0.2) is 42.6 Å². The van der Waals surface area contributed by atoms with Crippen LogP contribution in [0.5, 0.6) is 5.75 Å². The molecular weight excluding hydrogens is 426 g/mol. The first kappa shape index (κ1) is 20.7. The molecule has 1 aromatic carbocycles. The van der Waals surface area contributed by atoms with Gasteiger partial charge in [0, 0.05) is 45.3 Å². The third kappa shape index (κ3) is 3.88. The molecule has 0 bridgehead atoms. The number of para-hydroxylation sites is 2. The summed E-state index contributed by atoms with van der Waals surface area (Å²) in [5.74, 6) is 0.377. The Balaban J connectivity index is 1.22. The van der Waals surface area contributed by atoms with Gasteiger partial charge in [-0.1, -0.05) is 23.5 Å². The van der Waals surface area contributed by atoms with Crippen molar-refractivity contribution >= 4 is 44.3 Å². The highest BCUT2D eigenvalue weighted by atomic mass is 32.1. The Morgan fingerprint density at radius 3 is 2.75 bits per heavy atom. The number of carbonyl (C=O) groups excluding carboxylic acids is 2. The first-order chi connectivity index (χ1) is 15.6. The van der Waals surface area contributed by atoms with Gasteiger partial charge >= 0.3 is 0 Å². The summed E-state index contributed by atoms with van der Waals surface area (Å²) in [7, 11) is 0. The molecule has 1 atom stereocenters. The van der Waals surface area contributed by atoms with E-state index in [9.17, 15) is 9.59 Å². The number of piperazine rings is 1. The van der Waals surface area contributed by atoms with Crippen LogP contribution in [-0.2, 0) is 9.59 Å². The second-order valence-corrected chi connectivity index (χ2v) is 8.90. The van der Waals surface area contributed by atoms with Crippen LogP contribution in [0, 0.1) is 5.92 Å². The molecule has 0 radical (unpaired) electrons. The molecule has 2 aliphatic rings. The molecule has 0 N–H and O–H groups in total. The first-order valence-electron chi connectivity index (χ1n) is 10.9. The van der Waals surface area contributed by atoms with Crippen molar-refractivity contribution in [1.82, 2.24) is 14.9 Å². The van der Waals surface area contributed by atoms with Crippen molar-refractivity contribution in [1.29, 1.82) is 0 Å². The third-order valence-corrected chi connectivity index (χ3v) is 6.99. The van der Waals surface area contributed by atoms with Crippen molar-refractivity contribution < 1.29 is 14.3 Å². The van der Waals surface area contributed by atoms with Crippen LogP contribution in [-0.4, -0.2) is 66.0 Å². The highest BCUT2D eigenvalue weighted by molar-refractivity contribution is 7.21. The molecular formula is C23H25N5O3S. The maximum Gasteiger partial charge on any atom is 0.228 e. The van der Waals surface area contributed by atoms with Gasteiger partial charge < -0.3 is 19.4 Å². The van der Waals surface area contributed by atoms with E-state index in [0.717, 1.165) is 34.3 Å². The molecule has 166 valence electrons. The lowest BCUT2D eigenvalue weighted by atomic mass is 10.1. The van der Waals surface area contributed by atoms with Gasteiger partial charge in [-0.15, -0.1) is 0 Å². The Kier molecular flexibility index (Phi) is 5.65. The Bertz CT molecular complexity index is 1110. The van der Waals surface area contributed by atoms with Crippen molar-refractivity contribution in [3.63, 3.8) is 0 Å². The van der Waals surface area contributed by atoms with Gasteiger partial charge in [0.2, 0.25) is 11.8 Å². The predicted molar refractivity (Wildman–Crippen MR) is 124 cm³/mol. The lowest BCUT2D eigenvalue weighted by Crippen LogP contribution is -2.50. The quantitative estimate of drug-likeness (QED) is 0.594. The van der Waals surface area contributed by atoms with Gasteiger partial charge in [-0.2, -0.15) is 0 Å². The van der Waals surface area contributed by atoms with Crippen molar-refractivity contribution in [2.75, 3.05) is 49.1 Å². The van der Waals surface area contributed by atoms with Crippen molar-refractivity contribution in [2.45, 2.75) is 13.3 Å². The standard InChI is InChI=1S/C23H25N5O3S/c1-2-31-19-8-4-3-7-18(19)28-15-16(14-20(28)29)22(30)26-10-12-27(13-11-26)23-25-17-6-5-9-24-21(17)32-23/h3-9,16H,2,10-15H2,1H3. The molecule has 1 unspecified atom stereocenters. The minimum absolute atomic E-state index is 0.0314. The van der Waals surface area contributed by atoms with E-state index in [1.165, 1.54) is 0 Å². The van der Waals surface area contributed by atoms with E-state index < -0.39 is 0 Å². The number of hydrogen-bond acceptors (Lipinski definition) is 7. The average molecular weight is 452 g/mol. The van der Waals surface area contributed by atoms with Crippen LogP contribution >= 0.6 is 11.3 Å². The molecule has 32 heavy (non-hydrogen) atoms. The van der Waals surface area contributed by atoms with Crippen LogP contribution in [0.25, 0.3) is 10.3 Å². The van der Waals surface area contributed by atoms with Gasteiger partial charge in [-0.05, 0) is 31.2 Å². The average Bonchev–Trinajstić information content (AvgIpc) is 3.43. The lowest BCUT2D eigenvalue weighted by Gasteiger charge is -2.35. The van der Waals surface area contributed by atoms with Gasteiger partial charge in [0.05, 0.1) is 18.2 Å². The van der Waals surface area contributed by atoms with Crippen LogP contribution in [0.2, 0.25) is 0 Å². The minimum Gasteiger partial charge on any atom is -0.492 e. The maximum atomic E-state index is 13.2. The molecule has 2 amide bonds. The van der Waals surface area contributed by atoms with Crippen LogP contribution in [0.4, 0.5) is 10.8 Å². The summed E-state index contributed by atoms with van der Waals surface area (Å²) >= 11 is 1.58. The van der Waals surface area contributed by atoms with E-state index in [0.29, 0.717) is 32.0 Å². The molecule has 0 saturated carbocycles. The van der Waals surface area contributed by atoms with E-state index in [1.807, 2.05) is 48.2 Å². The molecule has 2 aliphatic heterocycles. The molecule has 8 nitrogen and oxygen atoms in total. The number of aromatic nitrogens is 2. The number of ether oxygens (including phenoxy) is 1. The summed E-state index contributed by atoms with van der Waals surface area (Å²) < 4.78 is 5.68. The van der Waals surface area contributed by atoms with E-state index in [2.05, 4.69) is 14.9 Å². The number of carbonyl (C=O) groups is 2. The molecule has 2 aromatic heterocycles. The Morgan fingerprint density at radius 2 is 1.97 bits per heavy atom. The number of nitrogens with zero attached hydrogens (tertiary/aromatic N) is 5.